The minimum Gasteiger partial charge on any atom is -0.493 e. The number of carbonyl (C=O) groups excluding carboxylic acids is 1. The number of rotatable bonds is 7. The van der Waals surface area contributed by atoms with Crippen molar-refractivity contribution in [2.45, 2.75) is 26.3 Å². The lowest BCUT2D eigenvalue weighted by atomic mass is 10.0. The van der Waals surface area contributed by atoms with Gasteiger partial charge in [0.25, 0.3) is 5.91 Å². The number of nitrogens with one attached hydrogen (secondary N) is 1. The molecule has 152 valence electrons. The van der Waals surface area contributed by atoms with Crippen LogP contribution < -0.4 is 14.8 Å². The fourth-order valence-electron chi connectivity index (χ4n) is 3.14. The van der Waals surface area contributed by atoms with Gasteiger partial charge in [-0.1, -0.05) is 31.5 Å². The molecular weight excluding hydrogens is 390 g/mol. The van der Waals surface area contributed by atoms with Crippen LogP contribution in [0.5, 0.6) is 11.5 Å². The molecule has 3 rings (SSSR count). The first-order chi connectivity index (χ1) is 13.9. The normalized spacial score (nSPS) is 10.8. The summed E-state index contributed by atoms with van der Waals surface area (Å²) in [6, 6.07) is 12.9. The van der Waals surface area contributed by atoms with Crippen molar-refractivity contribution in [1.82, 2.24) is 15.1 Å². The van der Waals surface area contributed by atoms with Crippen LogP contribution in [0, 0.1) is 0 Å². The molecule has 1 heterocycles. The quantitative estimate of drug-likeness (QED) is 0.615. The third-order valence-corrected chi connectivity index (χ3v) is 4.82. The van der Waals surface area contributed by atoms with Gasteiger partial charge in [-0.2, -0.15) is 5.10 Å². The summed E-state index contributed by atoms with van der Waals surface area (Å²) in [6.45, 7) is 4.44. The van der Waals surface area contributed by atoms with E-state index in [1.807, 2.05) is 44.2 Å². The van der Waals surface area contributed by atoms with Crippen molar-refractivity contribution in [1.29, 1.82) is 0 Å². The molecule has 0 spiro atoms. The SMILES string of the molecule is COc1ccc(CNC(=O)c2cnn(-c3ccc(Cl)cc3)c2C(C)C)cc1OC. The van der Waals surface area contributed by atoms with E-state index in [-0.39, 0.29) is 11.8 Å². The van der Waals surface area contributed by atoms with E-state index in [4.69, 9.17) is 21.1 Å². The van der Waals surface area contributed by atoms with Crippen LogP contribution in [0.4, 0.5) is 0 Å². The molecule has 1 amide bonds. The molecule has 0 radical (unpaired) electrons. The molecule has 3 aromatic rings. The predicted molar refractivity (Wildman–Crippen MR) is 113 cm³/mol. The van der Waals surface area contributed by atoms with Crippen LogP contribution in [0.25, 0.3) is 5.69 Å². The summed E-state index contributed by atoms with van der Waals surface area (Å²) in [5, 5.41) is 8.06. The molecular formula is C22H24ClN3O3. The van der Waals surface area contributed by atoms with Crippen LogP contribution in [-0.2, 0) is 6.54 Å². The van der Waals surface area contributed by atoms with Crippen LogP contribution >= 0.6 is 11.6 Å². The number of benzene rings is 2. The standard InChI is InChI=1S/C22H24ClN3O3/c1-14(2)21-18(13-25-26(21)17-8-6-16(23)7-9-17)22(27)24-12-15-5-10-19(28-3)20(11-15)29-4/h5-11,13-14H,12H2,1-4H3,(H,24,27). The Labute approximate surface area is 175 Å². The van der Waals surface area contributed by atoms with Crippen molar-refractivity contribution in [3.05, 3.63) is 70.5 Å². The highest BCUT2D eigenvalue weighted by Gasteiger charge is 2.21. The number of amides is 1. The Morgan fingerprint density at radius 3 is 2.41 bits per heavy atom. The Balaban J connectivity index is 1.81. The monoisotopic (exact) mass is 413 g/mol. The van der Waals surface area contributed by atoms with Crippen molar-refractivity contribution in [3.63, 3.8) is 0 Å². The lowest BCUT2D eigenvalue weighted by Crippen LogP contribution is -2.24. The third-order valence-electron chi connectivity index (χ3n) is 4.57. The van der Waals surface area contributed by atoms with E-state index in [1.54, 1.807) is 37.2 Å². The largest absolute Gasteiger partial charge is 0.493 e. The van der Waals surface area contributed by atoms with E-state index in [1.165, 1.54) is 0 Å². The Morgan fingerprint density at radius 1 is 1.10 bits per heavy atom. The van der Waals surface area contributed by atoms with Gasteiger partial charge in [-0.15, -0.1) is 0 Å². The van der Waals surface area contributed by atoms with E-state index >= 15 is 0 Å². The van der Waals surface area contributed by atoms with Gasteiger partial charge in [0.15, 0.2) is 11.5 Å². The van der Waals surface area contributed by atoms with Gasteiger partial charge in [-0.25, -0.2) is 4.68 Å². The molecule has 0 atom stereocenters. The Morgan fingerprint density at radius 2 is 1.79 bits per heavy atom. The summed E-state index contributed by atoms with van der Waals surface area (Å²) in [6.07, 6.45) is 1.61. The molecule has 7 heteroatoms. The highest BCUT2D eigenvalue weighted by atomic mass is 35.5. The Kier molecular flexibility index (Phi) is 6.44. The molecule has 29 heavy (non-hydrogen) atoms. The van der Waals surface area contributed by atoms with Gasteiger partial charge >= 0.3 is 0 Å². The predicted octanol–water partition coefficient (Wildman–Crippen LogP) is 4.60. The first-order valence-corrected chi connectivity index (χ1v) is 9.65. The lowest BCUT2D eigenvalue weighted by Gasteiger charge is -2.13. The molecule has 0 aliphatic carbocycles. The number of halogens is 1. The van der Waals surface area contributed by atoms with Gasteiger partial charge in [0.05, 0.1) is 37.4 Å². The topological polar surface area (TPSA) is 65.4 Å². The molecule has 6 nitrogen and oxygen atoms in total. The molecule has 1 aromatic heterocycles. The summed E-state index contributed by atoms with van der Waals surface area (Å²) in [7, 11) is 3.17. The molecule has 0 saturated carbocycles. The van der Waals surface area contributed by atoms with Crippen molar-refractivity contribution < 1.29 is 14.3 Å². The van der Waals surface area contributed by atoms with Crippen molar-refractivity contribution in [3.8, 4) is 17.2 Å². The van der Waals surface area contributed by atoms with E-state index in [0.29, 0.717) is 28.6 Å². The second-order valence-electron chi connectivity index (χ2n) is 6.86. The summed E-state index contributed by atoms with van der Waals surface area (Å²) in [5.74, 6) is 1.20. The van der Waals surface area contributed by atoms with Crippen LogP contribution in [0.3, 0.4) is 0 Å². The summed E-state index contributed by atoms with van der Waals surface area (Å²) in [4.78, 5) is 12.9. The van der Waals surface area contributed by atoms with Crippen molar-refractivity contribution in [2.24, 2.45) is 0 Å². The van der Waals surface area contributed by atoms with Crippen LogP contribution in [0.1, 0.15) is 41.4 Å². The maximum Gasteiger partial charge on any atom is 0.255 e. The van der Waals surface area contributed by atoms with Crippen LogP contribution in [0.2, 0.25) is 5.02 Å². The van der Waals surface area contributed by atoms with Gasteiger partial charge < -0.3 is 14.8 Å². The van der Waals surface area contributed by atoms with E-state index < -0.39 is 0 Å². The Hall–Kier alpha value is -2.99. The minimum absolute atomic E-state index is 0.106. The number of nitrogens with zero attached hydrogens (tertiary/aromatic N) is 2. The summed E-state index contributed by atoms with van der Waals surface area (Å²) < 4.78 is 12.4. The van der Waals surface area contributed by atoms with Crippen molar-refractivity contribution in [2.75, 3.05) is 14.2 Å². The van der Waals surface area contributed by atoms with Gasteiger partial charge in [-0.05, 0) is 47.9 Å². The molecule has 0 aliphatic rings. The molecule has 0 unspecified atom stereocenters. The number of hydrogen-bond acceptors (Lipinski definition) is 4. The maximum absolute atomic E-state index is 12.9. The fraction of sp³-hybridized carbons (Fsp3) is 0.273. The second kappa shape index (κ2) is 9.01. The smallest absolute Gasteiger partial charge is 0.255 e. The van der Waals surface area contributed by atoms with Gasteiger partial charge in [0.2, 0.25) is 0 Å². The molecule has 0 bridgehead atoms. The summed E-state index contributed by atoms with van der Waals surface area (Å²) in [5.41, 5.74) is 3.16. The molecule has 1 N–H and O–H groups in total. The molecule has 0 fully saturated rings. The van der Waals surface area contributed by atoms with E-state index in [2.05, 4.69) is 10.4 Å². The number of ether oxygens (including phenoxy) is 2. The van der Waals surface area contributed by atoms with Crippen LogP contribution in [-0.4, -0.2) is 29.9 Å². The first kappa shape index (κ1) is 20.7. The number of carbonyl (C=O) groups is 1. The van der Waals surface area contributed by atoms with Crippen molar-refractivity contribution >= 4 is 17.5 Å². The van der Waals surface area contributed by atoms with Gasteiger partial charge in [-0.3, -0.25) is 4.79 Å². The maximum atomic E-state index is 12.9. The van der Waals surface area contributed by atoms with Crippen LogP contribution in [0.15, 0.2) is 48.7 Å². The zero-order valence-electron chi connectivity index (χ0n) is 16.9. The summed E-state index contributed by atoms with van der Waals surface area (Å²) >= 11 is 5.99. The van der Waals surface area contributed by atoms with Gasteiger partial charge in [0, 0.05) is 11.6 Å². The zero-order chi connectivity index (χ0) is 21.0. The molecule has 2 aromatic carbocycles. The van der Waals surface area contributed by atoms with E-state index in [0.717, 1.165) is 16.9 Å². The molecule has 0 saturated heterocycles. The Bertz CT molecular complexity index is 997. The van der Waals surface area contributed by atoms with Gasteiger partial charge in [0.1, 0.15) is 0 Å². The number of hydrogen-bond donors (Lipinski definition) is 1. The average molecular weight is 414 g/mol. The first-order valence-electron chi connectivity index (χ1n) is 9.27. The fourth-order valence-corrected chi connectivity index (χ4v) is 3.27. The minimum atomic E-state index is -0.177. The number of aromatic nitrogens is 2. The number of methoxy groups -OCH3 is 2. The van der Waals surface area contributed by atoms with E-state index in [9.17, 15) is 4.79 Å². The highest BCUT2D eigenvalue weighted by Crippen LogP contribution is 2.28. The molecule has 0 aliphatic heterocycles. The second-order valence-corrected chi connectivity index (χ2v) is 7.29. The zero-order valence-corrected chi connectivity index (χ0v) is 17.7. The highest BCUT2D eigenvalue weighted by molar-refractivity contribution is 6.30. The lowest BCUT2D eigenvalue weighted by molar-refractivity contribution is 0.0949. The third kappa shape index (κ3) is 4.54. The average Bonchev–Trinajstić information content (AvgIpc) is 3.17.